The minimum atomic E-state index is -1.42. The molecule has 0 bridgehead atoms. The van der Waals surface area contributed by atoms with Crippen LogP contribution in [0.15, 0.2) is 50.2 Å². The number of carbonyl (C=O) groups is 2. The van der Waals surface area contributed by atoms with Gasteiger partial charge in [-0.2, -0.15) is 0 Å². The number of carboxylic acids is 1. The Bertz CT molecular complexity index is 1540. The summed E-state index contributed by atoms with van der Waals surface area (Å²) >= 11 is 5.88. The van der Waals surface area contributed by atoms with Gasteiger partial charge in [-0.25, -0.2) is 4.79 Å². The summed E-state index contributed by atoms with van der Waals surface area (Å²) in [5.41, 5.74) is 3.40. The highest BCUT2D eigenvalue weighted by Crippen LogP contribution is 2.37. The maximum Gasteiger partial charge on any atom is 0.340 e. The van der Waals surface area contributed by atoms with E-state index in [0.29, 0.717) is 38.3 Å². The molecular formula is C28H27ClNO6-. The average Bonchev–Trinajstić information content (AvgIpc) is 3.23. The Morgan fingerprint density at radius 1 is 1.06 bits per heavy atom. The molecule has 7 nitrogen and oxygen atoms in total. The van der Waals surface area contributed by atoms with Crippen molar-refractivity contribution in [3.63, 3.8) is 0 Å². The number of fused-ring (bicyclic) bond motifs is 2. The van der Waals surface area contributed by atoms with E-state index < -0.39 is 23.5 Å². The molecule has 2 heterocycles. The number of amides is 1. The molecule has 0 aliphatic rings. The van der Waals surface area contributed by atoms with Crippen molar-refractivity contribution in [2.24, 2.45) is 0 Å². The van der Waals surface area contributed by atoms with E-state index in [1.165, 1.54) is 0 Å². The fourth-order valence-corrected chi connectivity index (χ4v) is 4.56. The number of furan rings is 1. The number of nitrogens with one attached hydrogen (secondary N) is 1. The van der Waals surface area contributed by atoms with E-state index in [2.05, 4.69) is 26.1 Å². The lowest BCUT2D eigenvalue weighted by molar-refractivity contribution is -0.308. The highest BCUT2D eigenvalue weighted by molar-refractivity contribution is 6.30. The first-order chi connectivity index (χ1) is 16.9. The van der Waals surface area contributed by atoms with Crippen LogP contribution < -0.4 is 16.0 Å². The van der Waals surface area contributed by atoms with Crippen LogP contribution in [0.5, 0.6) is 0 Å². The summed E-state index contributed by atoms with van der Waals surface area (Å²) in [4.78, 5) is 37.4. The maximum atomic E-state index is 12.9. The highest BCUT2D eigenvalue weighted by atomic mass is 35.5. The van der Waals surface area contributed by atoms with Gasteiger partial charge in [0.2, 0.25) is 5.91 Å². The third-order valence-corrected chi connectivity index (χ3v) is 6.71. The van der Waals surface area contributed by atoms with E-state index in [1.807, 2.05) is 13.0 Å². The quantitative estimate of drug-likeness (QED) is 0.392. The average molecular weight is 509 g/mol. The summed E-state index contributed by atoms with van der Waals surface area (Å²) < 4.78 is 11.4. The Labute approximate surface area is 213 Å². The van der Waals surface area contributed by atoms with Crippen LogP contribution in [0.2, 0.25) is 5.02 Å². The molecule has 188 valence electrons. The maximum absolute atomic E-state index is 12.9. The molecule has 0 aliphatic carbocycles. The minimum absolute atomic E-state index is 0.0177. The third kappa shape index (κ3) is 4.88. The molecule has 0 aliphatic heterocycles. The van der Waals surface area contributed by atoms with Gasteiger partial charge in [0.1, 0.15) is 11.2 Å². The predicted octanol–water partition coefficient (Wildman–Crippen LogP) is 4.13. The lowest BCUT2D eigenvalue weighted by Crippen LogP contribution is -2.49. The van der Waals surface area contributed by atoms with Gasteiger partial charge in [-0.3, -0.25) is 4.79 Å². The van der Waals surface area contributed by atoms with Gasteiger partial charge in [0, 0.05) is 26.9 Å². The molecule has 0 saturated carbocycles. The number of aliphatic carboxylic acids is 1. The van der Waals surface area contributed by atoms with Crippen LogP contribution in [0.4, 0.5) is 0 Å². The van der Waals surface area contributed by atoms with Crippen molar-refractivity contribution < 1.29 is 23.5 Å². The number of halogens is 1. The van der Waals surface area contributed by atoms with E-state index in [1.54, 1.807) is 37.5 Å². The number of hydrogen-bond donors (Lipinski definition) is 1. The Hall–Kier alpha value is -3.58. The largest absolute Gasteiger partial charge is 0.548 e. The first-order valence-corrected chi connectivity index (χ1v) is 12.0. The van der Waals surface area contributed by atoms with Gasteiger partial charge in [-0.15, -0.1) is 0 Å². The molecule has 4 rings (SSSR count). The zero-order valence-electron chi connectivity index (χ0n) is 20.8. The van der Waals surface area contributed by atoms with Gasteiger partial charge in [0.25, 0.3) is 0 Å². The first kappa shape index (κ1) is 25.5. The smallest absolute Gasteiger partial charge is 0.340 e. The van der Waals surface area contributed by atoms with E-state index >= 15 is 0 Å². The van der Waals surface area contributed by atoms with Crippen LogP contribution in [0.3, 0.4) is 0 Å². The van der Waals surface area contributed by atoms with Crippen molar-refractivity contribution in [1.82, 2.24) is 5.32 Å². The third-order valence-electron chi connectivity index (χ3n) is 6.46. The topological polar surface area (TPSA) is 113 Å². The van der Waals surface area contributed by atoms with Crippen LogP contribution in [-0.2, 0) is 27.8 Å². The molecule has 0 unspecified atom stereocenters. The highest BCUT2D eigenvalue weighted by Gasteiger charge is 2.24. The van der Waals surface area contributed by atoms with Gasteiger partial charge in [0.15, 0.2) is 0 Å². The molecule has 0 saturated heterocycles. The molecule has 4 aromatic rings. The van der Waals surface area contributed by atoms with Crippen molar-refractivity contribution in [2.45, 2.75) is 58.9 Å². The van der Waals surface area contributed by atoms with Gasteiger partial charge < -0.3 is 24.1 Å². The van der Waals surface area contributed by atoms with Crippen molar-refractivity contribution in [3.05, 3.63) is 79.9 Å². The summed E-state index contributed by atoms with van der Waals surface area (Å²) in [7, 11) is 0. The number of aryl methyl sites for hydroxylation is 2. The van der Waals surface area contributed by atoms with Crippen LogP contribution in [0.25, 0.3) is 21.9 Å². The number of rotatable bonds is 6. The Morgan fingerprint density at radius 3 is 2.33 bits per heavy atom. The lowest BCUT2D eigenvalue weighted by Gasteiger charge is -2.20. The lowest BCUT2D eigenvalue weighted by atomic mass is 9.86. The summed E-state index contributed by atoms with van der Waals surface area (Å²) in [6.45, 7) is 9.84. The predicted molar refractivity (Wildman–Crippen MR) is 136 cm³/mol. The monoisotopic (exact) mass is 508 g/mol. The summed E-state index contributed by atoms with van der Waals surface area (Å²) in [6, 6.07) is 7.28. The van der Waals surface area contributed by atoms with E-state index in [9.17, 15) is 19.5 Å². The number of carbonyl (C=O) groups excluding carboxylic acids is 2. The molecule has 1 N–H and O–H groups in total. The zero-order chi connectivity index (χ0) is 26.4. The first-order valence-electron chi connectivity index (χ1n) is 11.6. The molecule has 8 heteroatoms. The zero-order valence-corrected chi connectivity index (χ0v) is 21.5. The number of carboxylic acid groups (broad SMARTS) is 1. The molecular weight excluding hydrogens is 482 g/mol. The second-order valence-electron chi connectivity index (χ2n) is 10.1. The van der Waals surface area contributed by atoms with E-state index in [4.69, 9.17) is 20.4 Å². The Morgan fingerprint density at radius 2 is 1.72 bits per heavy atom. The van der Waals surface area contributed by atoms with Crippen LogP contribution in [0.1, 0.15) is 48.6 Å². The Balaban J connectivity index is 1.67. The SMILES string of the molecule is Cc1c(CC(=O)N[C@@H](Cc2ccc(Cl)cc2)C(=O)[O-])c(=O)oc2c(C)c3occ(C(C)(C)C)c3cc12. The molecule has 0 radical (unpaired) electrons. The minimum Gasteiger partial charge on any atom is -0.548 e. The molecule has 1 atom stereocenters. The molecule has 0 spiro atoms. The van der Waals surface area contributed by atoms with Crippen molar-refractivity contribution in [3.8, 4) is 0 Å². The van der Waals surface area contributed by atoms with Crippen molar-refractivity contribution in [2.75, 3.05) is 0 Å². The van der Waals surface area contributed by atoms with Gasteiger partial charge in [0.05, 0.1) is 30.3 Å². The fourth-order valence-electron chi connectivity index (χ4n) is 4.44. The van der Waals surface area contributed by atoms with E-state index in [0.717, 1.165) is 10.9 Å². The fraction of sp³-hybridized carbons (Fsp3) is 0.321. The van der Waals surface area contributed by atoms with Crippen LogP contribution in [0, 0.1) is 13.8 Å². The van der Waals surface area contributed by atoms with Gasteiger partial charge >= 0.3 is 5.63 Å². The second-order valence-corrected chi connectivity index (χ2v) is 10.5. The van der Waals surface area contributed by atoms with E-state index in [-0.39, 0.29) is 23.8 Å². The summed E-state index contributed by atoms with van der Waals surface area (Å²) in [5.74, 6) is -2.04. The van der Waals surface area contributed by atoms with Crippen molar-refractivity contribution >= 4 is 45.4 Å². The standard InChI is InChI=1S/C28H28ClNO6/c1-14-18-11-20-21(28(3,4)5)13-35-24(20)15(2)25(18)36-27(34)19(14)12-23(31)30-22(26(32)33)10-16-6-8-17(29)9-7-16/h6-9,11,13,22H,10,12H2,1-5H3,(H,30,31)(H,32,33)/p-1/t22-/m0/s1. The number of hydrogen-bond acceptors (Lipinski definition) is 6. The van der Waals surface area contributed by atoms with Crippen LogP contribution >= 0.6 is 11.6 Å². The van der Waals surface area contributed by atoms with Crippen molar-refractivity contribution in [1.29, 1.82) is 0 Å². The molecule has 1 amide bonds. The van der Waals surface area contributed by atoms with Gasteiger partial charge in [-0.1, -0.05) is 44.5 Å². The molecule has 36 heavy (non-hydrogen) atoms. The molecule has 2 aromatic carbocycles. The molecule has 0 fully saturated rings. The van der Waals surface area contributed by atoms with Gasteiger partial charge in [-0.05, 0) is 55.0 Å². The molecule has 2 aromatic heterocycles. The van der Waals surface area contributed by atoms with Crippen LogP contribution in [-0.4, -0.2) is 17.9 Å². The Kier molecular flexibility index (Phi) is 6.71. The summed E-state index contributed by atoms with van der Waals surface area (Å²) in [6.07, 6.45) is 1.41. The number of benzene rings is 2. The summed E-state index contributed by atoms with van der Waals surface area (Å²) in [5, 5.41) is 16.3. The normalized spacial score (nSPS) is 12.7. The second kappa shape index (κ2) is 9.47.